The second-order valence-electron chi connectivity index (χ2n) is 4.28. The number of carboxylic acid groups (broad SMARTS) is 1. The average molecular weight is 289 g/mol. The highest BCUT2D eigenvalue weighted by Crippen LogP contribution is 2.39. The third kappa shape index (κ3) is 3.29. The molecule has 19 heavy (non-hydrogen) atoms. The van der Waals surface area contributed by atoms with Gasteiger partial charge >= 0.3 is 5.97 Å². The van der Waals surface area contributed by atoms with E-state index >= 15 is 0 Å². The Morgan fingerprint density at radius 1 is 1.42 bits per heavy atom. The topological polar surface area (TPSA) is 55.8 Å². The maximum Gasteiger partial charge on any atom is 0.303 e. The van der Waals surface area contributed by atoms with Gasteiger partial charge in [0, 0.05) is 24.5 Å². The van der Waals surface area contributed by atoms with Gasteiger partial charge in [-0.25, -0.2) is 4.39 Å². The summed E-state index contributed by atoms with van der Waals surface area (Å²) in [5, 5.41) is 8.59. The van der Waals surface area contributed by atoms with Crippen LogP contribution >= 0.6 is 11.6 Å². The maximum absolute atomic E-state index is 14.0. The van der Waals surface area contributed by atoms with Gasteiger partial charge in [-0.3, -0.25) is 4.79 Å². The van der Waals surface area contributed by atoms with Crippen LogP contribution in [0.5, 0.6) is 11.5 Å². The van der Waals surface area contributed by atoms with Gasteiger partial charge in [0.25, 0.3) is 0 Å². The van der Waals surface area contributed by atoms with E-state index in [-0.39, 0.29) is 17.9 Å². The first-order chi connectivity index (χ1) is 9.09. The highest BCUT2D eigenvalue weighted by molar-refractivity contribution is 6.31. The van der Waals surface area contributed by atoms with E-state index in [1.54, 1.807) is 0 Å². The normalized spacial score (nSPS) is 14.0. The lowest BCUT2D eigenvalue weighted by molar-refractivity contribution is -0.137. The van der Waals surface area contributed by atoms with Gasteiger partial charge in [-0.1, -0.05) is 11.6 Å². The molecule has 1 aromatic rings. The van der Waals surface area contributed by atoms with Gasteiger partial charge in [0.05, 0.1) is 18.2 Å². The van der Waals surface area contributed by atoms with Crippen LogP contribution in [-0.4, -0.2) is 24.3 Å². The van der Waals surface area contributed by atoms with E-state index in [1.807, 2.05) is 0 Å². The van der Waals surface area contributed by atoms with Gasteiger partial charge in [-0.15, -0.1) is 0 Å². The summed E-state index contributed by atoms with van der Waals surface area (Å²) in [4.78, 5) is 10.5. The third-order valence-electron chi connectivity index (χ3n) is 2.84. The van der Waals surface area contributed by atoms with Crippen LogP contribution in [0.25, 0.3) is 0 Å². The van der Waals surface area contributed by atoms with Gasteiger partial charge in [0.1, 0.15) is 5.82 Å². The van der Waals surface area contributed by atoms with Crippen LogP contribution < -0.4 is 9.47 Å². The lowest BCUT2D eigenvalue weighted by atomic mass is 10.1. The summed E-state index contributed by atoms with van der Waals surface area (Å²) in [6.45, 7) is 0.934. The molecule has 0 spiro atoms. The molecule has 0 unspecified atom stereocenters. The predicted molar refractivity (Wildman–Crippen MR) is 67.6 cm³/mol. The summed E-state index contributed by atoms with van der Waals surface area (Å²) in [5.41, 5.74) is 0.297. The van der Waals surface area contributed by atoms with E-state index < -0.39 is 11.8 Å². The quantitative estimate of drug-likeness (QED) is 0.925. The molecule has 6 heteroatoms. The van der Waals surface area contributed by atoms with Crippen LogP contribution in [0.4, 0.5) is 4.39 Å². The standard InChI is InChI=1S/C13H14ClFO4/c14-9-7-10-13(19-6-2-5-18-10)8(12(9)15)3-1-4-11(16)17/h7H,1-6H2,(H,16,17). The predicted octanol–water partition coefficient (Wildman–Crippen LogP) is 3.05. The Morgan fingerprint density at radius 3 is 2.89 bits per heavy atom. The minimum absolute atomic E-state index is 0.0262. The van der Waals surface area contributed by atoms with Crippen molar-refractivity contribution < 1.29 is 23.8 Å². The number of carboxylic acids is 1. The van der Waals surface area contributed by atoms with Crippen LogP contribution in [-0.2, 0) is 11.2 Å². The first-order valence-electron chi connectivity index (χ1n) is 6.08. The molecule has 1 aliphatic rings. The smallest absolute Gasteiger partial charge is 0.303 e. The number of aliphatic carboxylic acids is 1. The average Bonchev–Trinajstić information content (AvgIpc) is 2.58. The Bertz CT molecular complexity index is 490. The molecule has 0 bridgehead atoms. The van der Waals surface area contributed by atoms with Gasteiger partial charge in [-0.2, -0.15) is 0 Å². The Labute approximate surface area is 115 Å². The maximum atomic E-state index is 14.0. The van der Waals surface area contributed by atoms with Crippen molar-refractivity contribution in [3.05, 3.63) is 22.5 Å². The van der Waals surface area contributed by atoms with E-state index in [4.69, 9.17) is 26.2 Å². The summed E-state index contributed by atoms with van der Waals surface area (Å²) in [5.74, 6) is -0.694. The summed E-state index contributed by atoms with van der Waals surface area (Å²) in [7, 11) is 0. The van der Waals surface area contributed by atoms with Crippen molar-refractivity contribution in [2.75, 3.05) is 13.2 Å². The molecule has 1 aliphatic heterocycles. The summed E-state index contributed by atoms with van der Waals surface area (Å²) in [6, 6.07) is 1.40. The molecular weight excluding hydrogens is 275 g/mol. The molecule has 1 heterocycles. The van der Waals surface area contributed by atoms with Crippen molar-refractivity contribution in [2.45, 2.75) is 25.7 Å². The molecule has 0 saturated heterocycles. The highest BCUT2D eigenvalue weighted by atomic mass is 35.5. The van der Waals surface area contributed by atoms with Gasteiger partial charge < -0.3 is 14.6 Å². The molecule has 1 aromatic carbocycles. The van der Waals surface area contributed by atoms with Crippen LogP contribution in [0.15, 0.2) is 6.07 Å². The van der Waals surface area contributed by atoms with E-state index in [9.17, 15) is 9.18 Å². The fraction of sp³-hybridized carbons (Fsp3) is 0.462. The first-order valence-corrected chi connectivity index (χ1v) is 6.45. The number of ether oxygens (including phenoxy) is 2. The minimum atomic E-state index is -0.911. The highest BCUT2D eigenvalue weighted by Gasteiger charge is 2.21. The van der Waals surface area contributed by atoms with Gasteiger partial charge in [0.15, 0.2) is 11.5 Å². The zero-order valence-electron chi connectivity index (χ0n) is 10.2. The molecule has 0 aromatic heterocycles. The number of hydrogen-bond donors (Lipinski definition) is 1. The zero-order valence-corrected chi connectivity index (χ0v) is 11.0. The molecular formula is C13H14ClFO4. The van der Waals surface area contributed by atoms with E-state index in [0.717, 1.165) is 0 Å². The minimum Gasteiger partial charge on any atom is -0.489 e. The second-order valence-corrected chi connectivity index (χ2v) is 4.68. The number of hydrogen-bond acceptors (Lipinski definition) is 3. The largest absolute Gasteiger partial charge is 0.489 e. The Kier molecular flexibility index (Phi) is 4.47. The van der Waals surface area contributed by atoms with Crippen LogP contribution in [0.3, 0.4) is 0 Å². The fourth-order valence-electron chi connectivity index (χ4n) is 1.96. The second kappa shape index (κ2) is 6.10. The molecule has 0 aliphatic carbocycles. The van der Waals surface area contributed by atoms with E-state index in [1.165, 1.54) is 6.07 Å². The Hall–Kier alpha value is -1.49. The number of fused-ring (bicyclic) bond motifs is 1. The van der Waals surface area contributed by atoms with Crippen molar-refractivity contribution in [3.8, 4) is 11.5 Å². The molecule has 4 nitrogen and oxygen atoms in total. The molecule has 1 N–H and O–H groups in total. The summed E-state index contributed by atoms with van der Waals surface area (Å²) < 4.78 is 25.0. The number of rotatable bonds is 4. The first kappa shape index (κ1) is 13.9. The zero-order chi connectivity index (χ0) is 13.8. The molecule has 0 amide bonds. The monoisotopic (exact) mass is 288 g/mol. The molecule has 0 atom stereocenters. The van der Waals surface area contributed by atoms with Crippen molar-refractivity contribution in [1.82, 2.24) is 0 Å². The summed E-state index contributed by atoms with van der Waals surface area (Å²) >= 11 is 5.82. The number of benzene rings is 1. The molecule has 0 saturated carbocycles. The van der Waals surface area contributed by atoms with Crippen molar-refractivity contribution in [1.29, 1.82) is 0 Å². The lowest BCUT2D eigenvalue weighted by Crippen LogP contribution is -2.03. The molecule has 0 radical (unpaired) electrons. The summed E-state index contributed by atoms with van der Waals surface area (Å²) in [6.07, 6.45) is 1.26. The van der Waals surface area contributed by atoms with Crippen LogP contribution in [0.1, 0.15) is 24.8 Å². The van der Waals surface area contributed by atoms with Gasteiger partial charge in [-0.05, 0) is 12.8 Å². The number of halogens is 2. The van der Waals surface area contributed by atoms with Crippen molar-refractivity contribution >= 4 is 17.6 Å². The Morgan fingerprint density at radius 2 is 2.16 bits per heavy atom. The fourth-order valence-corrected chi connectivity index (χ4v) is 2.17. The van der Waals surface area contributed by atoms with Crippen molar-refractivity contribution in [3.63, 3.8) is 0 Å². The molecule has 0 fully saturated rings. The lowest BCUT2D eigenvalue weighted by Gasteiger charge is -2.14. The molecule has 104 valence electrons. The van der Waals surface area contributed by atoms with E-state index in [2.05, 4.69) is 0 Å². The van der Waals surface area contributed by atoms with Crippen LogP contribution in [0.2, 0.25) is 5.02 Å². The Balaban J connectivity index is 2.28. The molecule has 2 rings (SSSR count). The van der Waals surface area contributed by atoms with Gasteiger partial charge in [0.2, 0.25) is 0 Å². The number of carbonyl (C=O) groups is 1. The SMILES string of the molecule is O=C(O)CCCc1c(F)c(Cl)cc2c1OCCCO2. The van der Waals surface area contributed by atoms with Crippen molar-refractivity contribution in [2.24, 2.45) is 0 Å². The van der Waals surface area contributed by atoms with Crippen LogP contribution in [0, 0.1) is 5.82 Å². The third-order valence-corrected chi connectivity index (χ3v) is 3.12. The van der Waals surface area contributed by atoms with E-state index in [0.29, 0.717) is 43.1 Å².